The number of aliphatic hydroxyl groups excluding tert-OH is 2. The van der Waals surface area contributed by atoms with Crippen LogP contribution in [0, 0.1) is 5.92 Å². The summed E-state index contributed by atoms with van der Waals surface area (Å²) >= 11 is 5.92. The molecule has 0 aliphatic rings. The molecule has 0 aliphatic heterocycles. The van der Waals surface area contributed by atoms with E-state index in [-0.39, 0.29) is 24.8 Å². The number of carbonyl (C=O) groups excluding carboxylic acids is 1. The third-order valence-electron chi connectivity index (χ3n) is 4.52. The lowest BCUT2D eigenvalue weighted by molar-refractivity contribution is 0.101. The highest BCUT2D eigenvalue weighted by atomic mass is 35.5. The van der Waals surface area contributed by atoms with Crippen LogP contribution in [0.5, 0.6) is 11.5 Å². The summed E-state index contributed by atoms with van der Waals surface area (Å²) in [6.45, 7) is 1.88. The van der Waals surface area contributed by atoms with Crippen molar-refractivity contribution >= 4 is 23.2 Å². The van der Waals surface area contributed by atoms with Crippen molar-refractivity contribution in [2.24, 2.45) is 5.92 Å². The van der Waals surface area contributed by atoms with Crippen LogP contribution in [0.25, 0.3) is 5.69 Å². The Labute approximate surface area is 185 Å². The first kappa shape index (κ1) is 22.6. The number of rotatable bonds is 9. The second kappa shape index (κ2) is 10.3. The van der Waals surface area contributed by atoms with E-state index in [0.29, 0.717) is 40.1 Å². The van der Waals surface area contributed by atoms with Gasteiger partial charge in [-0.3, -0.25) is 4.79 Å². The Morgan fingerprint density at radius 2 is 1.94 bits per heavy atom. The third kappa shape index (κ3) is 5.55. The Hall–Kier alpha value is -3.07. The van der Waals surface area contributed by atoms with Crippen LogP contribution < -0.4 is 14.8 Å². The van der Waals surface area contributed by atoms with Gasteiger partial charge in [0.25, 0.3) is 5.91 Å². The van der Waals surface area contributed by atoms with Crippen molar-refractivity contribution in [3.8, 4) is 17.2 Å². The summed E-state index contributed by atoms with van der Waals surface area (Å²) < 4.78 is 12.5. The van der Waals surface area contributed by atoms with E-state index in [1.807, 2.05) is 6.92 Å². The second-order valence-electron chi connectivity index (χ2n) is 7.00. The minimum atomic E-state index is -0.471. The number of benzene rings is 2. The molecule has 0 saturated carbocycles. The number of aromatic nitrogens is 2. The number of nitrogens with zero attached hydrogens (tertiary/aromatic N) is 2. The Bertz CT molecular complexity index is 1040. The standard InChI is InChI=1S/C22H24ClN3O5/c1-14(11-27)13-31-19-8-5-17(9-20(19)30-2)24-22(29)21-15(12-28)10-26(25-21)18-6-3-16(23)4-7-18/h3-10,14,27-28H,11-13H2,1-2H3,(H,24,29). The fraction of sp³-hybridized carbons (Fsp3) is 0.273. The van der Waals surface area contributed by atoms with Crippen LogP contribution in [0.2, 0.25) is 5.02 Å². The Morgan fingerprint density at radius 3 is 2.58 bits per heavy atom. The molecule has 3 rings (SSSR count). The Balaban J connectivity index is 1.78. The van der Waals surface area contributed by atoms with Crippen molar-refractivity contribution in [1.29, 1.82) is 0 Å². The molecule has 164 valence electrons. The molecule has 1 heterocycles. The molecule has 0 radical (unpaired) electrons. The van der Waals surface area contributed by atoms with Gasteiger partial charge in [0.05, 0.1) is 26.0 Å². The van der Waals surface area contributed by atoms with Gasteiger partial charge in [-0.05, 0) is 36.4 Å². The van der Waals surface area contributed by atoms with Gasteiger partial charge in [-0.2, -0.15) is 5.10 Å². The molecule has 1 unspecified atom stereocenters. The van der Waals surface area contributed by atoms with E-state index in [4.69, 9.17) is 26.2 Å². The highest BCUT2D eigenvalue weighted by molar-refractivity contribution is 6.30. The van der Waals surface area contributed by atoms with Crippen molar-refractivity contribution in [1.82, 2.24) is 9.78 Å². The van der Waals surface area contributed by atoms with Crippen LogP contribution in [0.3, 0.4) is 0 Å². The quantitative estimate of drug-likeness (QED) is 0.466. The monoisotopic (exact) mass is 445 g/mol. The summed E-state index contributed by atoms with van der Waals surface area (Å²) in [5, 5.41) is 26.5. The molecule has 8 nitrogen and oxygen atoms in total. The molecule has 1 atom stereocenters. The van der Waals surface area contributed by atoms with Gasteiger partial charge in [-0.25, -0.2) is 4.68 Å². The van der Waals surface area contributed by atoms with E-state index >= 15 is 0 Å². The van der Waals surface area contributed by atoms with Crippen molar-refractivity contribution < 1.29 is 24.5 Å². The topological polar surface area (TPSA) is 106 Å². The molecule has 3 N–H and O–H groups in total. The SMILES string of the molecule is COc1cc(NC(=O)c2nn(-c3ccc(Cl)cc3)cc2CO)ccc1OCC(C)CO. The molecule has 0 saturated heterocycles. The summed E-state index contributed by atoms with van der Waals surface area (Å²) in [4.78, 5) is 12.8. The van der Waals surface area contributed by atoms with Gasteiger partial charge >= 0.3 is 0 Å². The molecule has 0 spiro atoms. The lowest BCUT2D eigenvalue weighted by atomic mass is 10.2. The predicted octanol–water partition coefficient (Wildman–Crippen LogP) is 3.29. The average Bonchev–Trinajstić information content (AvgIpc) is 3.23. The van der Waals surface area contributed by atoms with Gasteiger partial charge < -0.3 is 25.0 Å². The van der Waals surface area contributed by atoms with E-state index in [1.165, 1.54) is 11.8 Å². The number of halogens is 1. The fourth-order valence-corrected chi connectivity index (χ4v) is 2.91. The maximum Gasteiger partial charge on any atom is 0.276 e. The molecule has 0 bridgehead atoms. The van der Waals surface area contributed by atoms with Gasteiger partial charge in [-0.1, -0.05) is 18.5 Å². The lowest BCUT2D eigenvalue weighted by Crippen LogP contribution is -2.15. The van der Waals surface area contributed by atoms with Crippen molar-refractivity contribution in [3.05, 3.63) is 64.9 Å². The normalized spacial score (nSPS) is 11.8. The zero-order valence-corrected chi connectivity index (χ0v) is 18.0. The molecule has 9 heteroatoms. The summed E-state index contributed by atoms with van der Waals surface area (Å²) in [6.07, 6.45) is 1.60. The maximum absolute atomic E-state index is 12.8. The molecule has 1 amide bonds. The number of carbonyl (C=O) groups is 1. The second-order valence-corrected chi connectivity index (χ2v) is 7.44. The number of anilines is 1. The minimum Gasteiger partial charge on any atom is -0.493 e. The third-order valence-corrected chi connectivity index (χ3v) is 4.78. The number of hydrogen-bond donors (Lipinski definition) is 3. The van der Waals surface area contributed by atoms with E-state index in [0.717, 1.165) is 0 Å². The van der Waals surface area contributed by atoms with Crippen LogP contribution in [-0.4, -0.2) is 46.2 Å². The molecule has 3 aromatic rings. The van der Waals surface area contributed by atoms with Crippen LogP contribution in [0.4, 0.5) is 5.69 Å². The zero-order valence-electron chi connectivity index (χ0n) is 17.2. The summed E-state index contributed by atoms with van der Waals surface area (Å²) in [5.74, 6) is 0.457. The number of hydrogen-bond acceptors (Lipinski definition) is 6. The number of ether oxygens (including phenoxy) is 2. The predicted molar refractivity (Wildman–Crippen MR) is 117 cm³/mol. The van der Waals surface area contributed by atoms with Crippen LogP contribution >= 0.6 is 11.6 Å². The summed E-state index contributed by atoms with van der Waals surface area (Å²) in [6, 6.07) is 11.9. The number of methoxy groups -OCH3 is 1. The Morgan fingerprint density at radius 1 is 1.19 bits per heavy atom. The molecule has 0 fully saturated rings. The van der Waals surface area contributed by atoms with Gasteiger partial charge in [0, 0.05) is 41.1 Å². The van der Waals surface area contributed by atoms with Crippen molar-refractivity contribution in [2.45, 2.75) is 13.5 Å². The first-order chi connectivity index (χ1) is 14.9. The Kier molecular flexibility index (Phi) is 7.51. The number of amides is 1. The molecule has 2 aromatic carbocycles. The van der Waals surface area contributed by atoms with E-state index < -0.39 is 5.91 Å². The van der Waals surface area contributed by atoms with E-state index in [2.05, 4.69) is 10.4 Å². The zero-order chi connectivity index (χ0) is 22.4. The highest BCUT2D eigenvalue weighted by Crippen LogP contribution is 2.31. The van der Waals surface area contributed by atoms with Gasteiger partial charge in [0.15, 0.2) is 17.2 Å². The van der Waals surface area contributed by atoms with E-state index in [1.54, 1.807) is 48.7 Å². The van der Waals surface area contributed by atoms with Crippen LogP contribution in [-0.2, 0) is 6.61 Å². The minimum absolute atomic E-state index is 0.0169. The number of aliphatic hydroxyl groups is 2. The molecular weight excluding hydrogens is 422 g/mol. The van der Waals surface area contributed by atoms with Crippen LogP contribution in [0.15, 0.2) is 48.7 Å². The van der Waals surface area contributed by atoms with Crippen molar-refractivity contribution in [3.63, 3.8) is 0 Å². The summed E-state index contributed by atoms with van der Waals surface area (Å²) in [5.41, 5.74) is 1.68. The average molecular weight is 446 g/mol. The van der Waals surface area contributed by atoms with E-state index in [9.17, 15) is 9.90 Å². The molecule has 31 heavy (non-hydrogen) atoms. The lowest BCUT2D eigenvalue weighted by Gasteiger charge is -2.14. The highest BCUT2D eigenvalue weighted by Gasteiger charge is 2.18. The maximum atomic E-state index is 12.8. The first-order valence-electron chi connectivity index (χ1n) is 9.63. The molecule has 1 aromatic heterocycles. The summed E-state index contributed by atoms with van der Waals surface area (Å²) in [7, 11) is 1.50. The number of nitrogens with one attached hydrogen (secondary N) is 1. The first-order valence-corrected chi connectivity index (χ1v) is 10.0. The molecular formula is C22H24ClN3O5. The van der Waals surface area contributed by atoms with Gasteiger partial charge in [-0.15, -0.1) is 0 Å². The van der Waals surface area contributed by atoms with Gasteiger partial charge in [0.2, 0.25) is 0 Å². The van der Waals surface area contributed by atoms with Crippen LogP contribution in [0.1, 0.15) is 23.0 Å². The molecule has 0 aliphatic carbocycles. The van der Waals surface area contributed by atoms with Gasteiger partial charge in [0.1, 0.15) is 0 Å². The van der Waals surface area contributed by atoms with Crippen molar-refractivity contribution in [2.75, 3.05) is 25.6 Å². The fourth-order valence-electron chi connectivity index (χ4n) is 2.78. The smallest absolute Gasteiger partial charge is 0.276 e. The largest absolute Gasteiger partial charge is 0.493 e.